The molecule has 0 unspecified atom stereocenters. The van der Waals surface area contributed by atoms with Gasteiger partial charge in [0.05, 0.1) is 6.61 Å². The predicted molar refractivity (Wildman–Crippen MR) is 82.3 cm³/mol. The first-order valence-electron chi connectivity index (χ1n) is 7.98. The summed E-state index contributed by atoms with van der Waals surface area (Å²) < 4.78 is 5.47. The van der Waals surface area contributed by atoms with E-state index in [0.717, 1.165) is 38.4 Å². The summed E-state index contributed by atoms with van der Waals surface area (Å²) >= 11 is 0. The SMILES string of the molecule is O=C(NCC1CCN([C@H]2CCOC2)CC1)c1ccccc1. The number of hydrogen-bond donors (Lipinski definition) is 1. The zero-order valence-electron chi connectivity index (χ0n) is 12.5. The van der Waals surface area contributed by atoms with Crippen molar-refractivity contribution in [3.8, 4) is 0 Å². The van der Waals surface area contributed by atoms with Crippen LogP contribution in [-0.2, 0) is 4.74 Å². The Balaban J connectivity index is 1.40. The van der Waals surface area contributed by atoms with Crippen molar-refractivity contribution in [2.24, 2.45) is 5.92 Å². The lowest BCUT2D eigenvalue weighted by molar-refractivity contribution is 0.0911. The average molecular weight is 288 g/mol. The molecule has 0 aromatic heterocycles. The van der Waals surface area contributed by atoms with Crippen LogP contribution in [0, 0.1) is 5.92 Å². The number of ether oxygens (including phenoxy) is 1. The van der Waals surface area contributed by atoms with Gasteiger partial charge < -0.3 is 10.1 Å². The van der Waals surface area contributed by atoms with Crippen LogP contribution in [0.25, 0.3) is 0 Å². The van der Waals surface area contributed by atoms with Crippen LogP contribution >= 0.6 is 0 Å². The first-order chi connectivity index (χ1) is 10.3. The Morgan fingerprint density at radius 2 is 1.95 bits per heavy atom. The highest BCUT2D eigenvalue weighted by molar-refractivity contribution is 5.94. The van der Waals surface area contributed by atoms with Gasteiger partial charge in [0.2, 0.25) is 0 Å². The summed E-state index contributed by atoms with van der Waals surface area (Å²) in [5.74, 6) is 0.651. The molecule has 1 aromatic rings. The zero-order valence-corrected chi connectivity index (χ0v) is 12.5. The fraction of sp³-hybridized carbons (Fsp3) is 0.588. The summed E-state index contributed by atoms with van der Waals surface area (Å²) in [6.45, 7) is 4.88. The molecule has 21 heavy (non-hydrogen) atoms. The summed E-state index contributed by atoms with van der Waals surface area (Å²) in [6, 6.07) is 10.1. The van der Waals surface area contributed by atoms with Gasteiger partial charge in [0, 0.05) is 24.8 Å². The zero-order chi connectivity index (χ0) is 14.5. The van der Waals surface area contributed by atoms with E-state index in [4.69, 9.17) is 4.74 Å². The Kier molecular flexibility index (Phi) is 4.88. The lowest BCUT2D eigenvalue weighted by Gasteiger charge is -2.35. The molecular formula is C17H24N2O2. The van der Waals surface area contributed by atoms with Gasteiger partial charge in [0.15, 0.2) is 0 Å². The Labute approximate surface area is 126 Å². The molecule has 1 aromatic carbocycles. The molecule has 3 rings (SSSR count). The summed E-state index contributed by atoms with van der Waals surface area (Å²) in [5, 5.41) is 3.07. The molecule has 2 aliphatic heterocycles. The van der Waals surface area contributed by atoms with E-state index in [1.165, 1.54) is 19.3 Å². The summed E-state index contributed by atoms with van der Waals surface area (Å²) in [6.07, 6.45) is 3.52. The van der Waals surface area contributed by atoms with Gasteiger partial charge in [-0.1, -0.05) is 18.2 Å². The van der Waals surface area contributed by atoms with E-state index in [9.17, 15) is 4.79 Å². The van der Waals surface area contributed by atoms with Crippen molar-refractivity contribution in [2.75, 3.05) is 32.8 Å². The standard InChI is InChI=1S/C17H24N2O2/c20-17(15-4-2-1-3-5-15)18-12-14-6-9-19(10-7-14)16-8-11-21-13-16/h1-5,14,16H,6-13H2,(H,18,20)/t16-/m0/s1. The minimum atomic E-state index is 0.0437. The van der Waals surface area contributed by atoms with E-state index in [1.54, 1.807) is 0 Å². The molecule has 0 aliphatic carbocycles. The van der Waals surface area contributed by atoms with Crippen LogP contribution in [0.1, 0.15) is 29.6 Å². The van der Waals surface area contributed by atoms with Crippen molar-refractivity contribution in [1.82, 2.24) is 10.2 Å². The Bertz CT molecular complexity index is 449. The highest BCUT2D eigenvalue weighted by atomic mass is 16.5. The molecule has 4 heteroatoms. The Hall–Kier alpha value is -1.39. The van der Waals surface area contributed by atoms with Crippen LogP contribution in [0.3, 0.4) is 0 Å². The van der Waals surface area contributed by atoms with Crippen LogP contribution in [-0.4, -0.2) is 49.7 Å². The van der Waals surface area contributed by atoms with E-state index in [2.05, 4.69) is 10.2 Å². The largest absolute Gasteiger partial charge is 0.380 e. The molecule has 0 saturated carbocycles. The third-order valence-electron chi connectivity index (χ3n) is 4.66. The number of rotatable bonds is 4. The van der Waals surface area contributed by atoms with Crippen molar-refractivity contribution in [3.05, 3.63) is 35.9 Å². The van der Waals surface area contributed by atoms with Gasteiger partial charge in [0.1, 0.15) is 0 Å². The van der Waals surface area contributed by atoms with E-state index < -0.39 is 0 Å². The molecule has 1 atom stereocenters. The fourth-order valence-corrected chi connectivity index (χ4v) is 3.26. The van der Waals surface area contributed by atoms with E-state index in [0.29, 0.717) is 12.0 Å². The maximum absolute atomic E-state index is 12.0. The van der Waals surface area contributed by atoms with Gasteiger partial charge in [-0.25, -0.2) is 0 Å². The summed E-state index contributed by atoms with van der Waals surface area (Å²) in [4.78, 5) is 14.6. The second kappa shape index (κ2) is 7.05. The molecular weight excluding hydrogens is 264 g/mol. The molecule has 114 valence electrons. The smallest absolute Gasteiger partial charge is 0.251 e. The number of nitrogens with one attached hydrogen (secondary N) is 1. The average Bonchev–Trinajstić information content (AvgIpc) is 3.08. The van der Waals surface area contributed by atoms with Crippen LogP contribution in [0.4, 0.5) is 0 Å². The molecule has 0 radical (unpaired) electrons. The molecule has 1 N–H and O–H groups in total. The summed E-state index contributed by atoms with van der Waals surface area (Å²) in [5.41, 5.74) is 0.748. The van der Waals surface area contributed by atoms with Crippen molar-refractivity contribution in [2.45, 2.75) is 25.3 Å². The number of nitrogens with zero attached hydrogens (tertiary/aromatic N) is 1. The second-order valence-electron chi connectivity index (χ2n) is 6.07. The Morgan fingerprint density at radius 3 is 2.62 bits per heavy atom. The number of hydrogen-bond acceptors (Lipinski definition) is 3. The van der Waals surface area contributed by atoms with Gasteiger partial charge in [-0.3, -0.25) is 9.69 Å². The fourth-order valence-electron chi connectivity index (χ4n) is 3.26. The maximum atomic E-state index is 12.0. The van der Waals surface area contributed by atoms with Crippen molar-refractivity contribution in [1.29, 1.82) is 0 Å². The van der Waals surface area contributed by atoms with Crippen LogP contribution in [0.15, 0.2) is 30.3 Å². The quantitative estimate of drug-likeness (QED) is 0.920. The number of benzene rings is 1. The van der Waals surface area contributed by atoms with E-state index >= 15 is 0 Å². The lowest BCUT2D eigenvalue weighted by Crippen LogP contribution is -2.43. The lowest BCUT2D eigenvalue weighted by atomic mass is 9.95. The van der Waals surface area contributed by atoms with Gasteiger partial charge in [-0.15, -0.1) is 0 Å². The normalized spacial score (nSPS) is 24.1. The van der Waals surface area contributed by atoms with E-state index in [1.807, 2.05) is 30.3 Å². The molecule has 4 nitrogen and oxygen atoms in total. The number of likely N-dealkylation sites (tertiary alicyclic amines) is 1. The highest BCUT2D eigenvalue weighted by Crippen LogP contribution is 2.21. The van der Waals surface area contributed by atoms with Crippen LogP contribution in [0.5, 0.6) is 0 Å². The van der Waals surface area contributed by atoms with Crippen molar-refractivity contribution < 1.29 is 9.53 Å². The highest BCUT2D eigenvalue weighted by Gasteiger charge is 2.27. The Morgan fingerprint density at radius 1 is 1.19 bits per heavy atom. The van der Waals surface area contributed by atoms with Crippen LogP contribution < -0.4 is 5.32 Å². The first-order valence-corrected chi connectivity index (χ1v) is 7.98. The van der Waals surface area contributed by atoms with Gasteiger partial charge in [-0.2, -0.15) is 0 Å². The number of carbonyl (C=O) groups excluding carboxylic acids is 1. The van der Waals surface area contributed by atoms with Gasteiger partial charge >= 0.3 is 0 Å². The molecule has 2 aliphatic rings. The second-order valence-corrected chi connectivity index (χ2v) is 6.07. The molecule has 2 saturated heterocycles. The molecule has 2 fully saturated rings. The minimum Gasteiger partial charge on any atom is -0.380 e. The molecule has 2 heterocycles. The first kappa shape index (κ1) is 14.5. The third kappa shape index (κ3) is 3.83. The number of amides is 1. The van der Waals surface area contributed by atoms with E-state index in [-0.39, 0.29) is 5.91 Å². The van der Waals surface area contributed by atoms with Crippen molar-refractivity contribution >= 4 is 5.91 Å². The number of piperidine rings is 1. The van der Waals surface area contributed by atoms with Gasteiger partial charge in [0.25, 0.3) is 5.91 Å². The predicted octanol–water partition coefficient (Wildman–Crippen LogP) is 1.92. The number of carbonyl (C=O) groups is 1. The van der Waals surface area contributed by atoms with Crippen LogP contribution in [0.2, 0.25) is 0 Å². The van der Waals surface area contributed by atoms with Gasteiger partial charge in [-0.05, 0) is 50.4 Å². The molecule has 0 bridgehead atoms. The minimum absolute atomic E-state index is 0.0437. The summed E-state index contributed by atoms with van der Waals surface area (Å²) in [7, 11) is 0. The third-order valence-corrected chi connectivity index (χ3v) is 4.66. The monoisotopic (exact) mass is 288 g/mol. The molecule has 0 spiro atoms. The maximum Gasteiger partial charge on any atom is 0.251 e. The van der Waals surface area contributed by atoms with Crippen molar-refractivity contribution in [3.63, 3.8) is 0 Å². The topological polar surface area (TPSA) is 41.6 Å². The molecule has 1 amide bonds.